The number of hydrogen-bond donors (Lipinski definition) is 0. The summed E-state index contributed by atoms with van der Waals surface area (Å²) < 4.78 is 16.6. The van der Waals surface area contributed by atoms with Crippen LogP contribution in [-0.4, -0.2) is 6.71 Å². The molecule has 0 unspecified atom stereocenters. The lowest BCUT2D eigenvalue weighted by Gasteiger charge is -2.45. The highest BCUT2D eigenvalue weighted by Crippen LogP contribution is 2.55. The predicted octanol–water partition coefficient (Wildman–Crippen LogP) is 15.3. The lowest BCUT2D eigenvalue weighted by atomic mass is 9.36. The molecule has 0 spiro atoms. The maximum Gasteiger partial charge on any atom is 0.264 e. The lowest BCUT2D eigenvalue weighted by molar-refractivity contribution is 0.332. The fourth-order valence-electron chi connectivity index (χ4n) is 12.2. The van der Waals surface area contributed by atoms with Crippen molar-refractivity contribution in [2.75, 3.05) is 9.80 Å². The predicted molar refractivity (Wildman–Crippen MR) is 280 cm³/mol. The number of ether oxygens (including phenoxy) is 1. The summed E-state index contributed by atoms with van der Waals surface area (Å²) in [6.45, 7) is 23.7. The topological polar surface area (TPSA) is 28.9 Å². The van der Waals surface area contributed by atoms with Gasteiger partial charge in [-0.1, -0.05) is 129 Å². The van der Waals surface area contributed by atoms with Crippen LogP contribution >= 0.6 is 11.3 Å². The maximum absolute atomic E-state index is 6.98. The minimum absolute atomic E-state index is 0.0118. The summed E-state index contributed by atoms with van der Waals surface area (Å²) in [5.74, 6) is 1.82. The van der Waals surface area contributed by atoms with Gasteiger partial charge in [0.05, 0.1) is 11.4 Å². The summed E-state index contributed by atoms with van der Waals surface area (Å²) in [5, 5.41) is 3.55. The van der Waals surface area contributed by atoms with Crippen LogP contribution in [0.4, 0.5) is 34.1 Å². The van der Waals surface area contributed by atoms with Gasteiger partial charge in [-0.2, -0.15) is 0 Å². The van der Waals surface area contributed by atoms with Crippen LogP contribution in [0.5, 0.6) is 11.5 Å². The van der Waals surface area contributed by atoms with E-state index in [0.717, 1.165) is 51.2 Å². The molecule has 4 aliphatic rings. The van der Waals surface area contributed by atoms with Crippen LogP contribution in [0.15, 0.2) is 132 Å². The third-order valence-corrected chi connectivity index (χ3v) is 17.2. The Morgan fingerprint density at radius 3 is 2.12 bits per heavy atom. The van der Waals surface area contributed by atoms with Gasteiger partial charge in [-0.3, -0.25) is 0 Å². The molecule has 3 aliphatic heterocycles. The molecule has 1 aliphatic carbocycles. The molecular formula is C60H55BN2O2S. The van der Waals surface area contributed by atoms with Gasteiger partial charge in [0.15, 0.2) is 5.58 Å². The van der Waals surface area contributed by atoms with Crippen molar-refractivity contribution < 1.29 is 9.15 Å². The average Bonchev–Trinajstić information content (AvgIpc) is 3.86. The first kappa shape index (κ1) is 40.1. The second-order valence-corrected chi connectivity index (χ2v) is 23.6. The van der Waals surface area contributed by atoms with Crippen LogP contribution in [-0.2, 0) is 21.7 Å². The minimum atomic E-state index is -0.297. The van der Waals surface area contributed by atoms with Gasteiger partial charge in [0.1, 0.15) is 17.1 Å². The number of nitrogens with zero attached hydrogens (tertiary/aromatic N) is 2. The van der Waals surface area contributed by atoms with Gasteiger partial charge in [-0.25, -0.2) is 0 Å². The molecule has 7 aromatic carbocycles. The Morgan fingerprint density at radius 2 is 1.32 bits per heavy atom. The highest BCUT2D eigenvalue weighted by Gasteiger charge is 2.48. The van der Waals surface area contributed by atoms with E-state index in [4.69, 9.17) is 9.15 Å². The van der Waals surface area contributed by atoms with Crippen molar-refractivity contribution in [2.45, 2.75) is 104 Å². The summed E-state index contributed by atoms with van der Waals surface area (Å²) >= 11 is 1.97. The highest BCUT2D eigenvalue weighted by molar-refractivity contribution is 7.33. The number of thiophene rings is 1. The number of benzene rings is 7. The number of para-hydroxylation sites is 3. The Bertz CT molecular complexity index is 3580. The zero-order valence-electron chi connectivity index (χ0n) is 39.7. The third kappa shape index (κ3) is 5.45. The van der Waals surface area contributed by atoms with E-state index < -0.39 is 0 Å². The Kier molecular flexibility index (Phi) is 8.03. The summed E-state index contributed by atoms with van der Waals surface area (Å²) in [7, 11) is 0. The number of anilines is 6. The van der Waals surface area contributed by atoms with Crippen LogP contribution in [0.25, 0.3) is 32.0 Å². The second kappa shape index (κ2) is 13.2. The molecule has 0 bridgehead atoms. The quantitative estimate of drug-likeness (QED) is 0.162. The van der Waals surface area contributed by atoms with E-state index in [1.54, 1.807) is 0 Å². The third-order valence-electron chi connectivity index (χ3n) is 15.9. The highest BCUT2D eigenvalue weighted by atomic mass is 32.1. The monoisotopic (exact) mass is 878 g/mol. The van der Waals surface area contributed by atoms with Gasteiger partial charge in [0.2, 0.25) is 0 Å². The minimum Gasteiger partial charge on any atom is -0.457 e. The van der Waals surface area contributed by atoms with E-state index in [2.05, 4.69) is 206 Å². The Balaban J connectivity index is 1.16. The molecule has 0 N–H and O–H groups in total. The Hall–Kier alpha value is -6.24. The lowest BCUT2D eigenvalue weighted by Crippen LogP contribution is -2.60. The molecule has 6 heteroatoms. The second-order valence-electron chi connectivity index (χ2n) is 22.5. The molecule has 5 heterocycles. The van der Waals surface area contributed by atoms with Crippen LogP contribution in [0.3, 0.4) is 0 Å². The summed E-state index contributed by atoms with van der Waals surface area (Å²) in [6, 6.07) is 48.1. The van der Waals surface area contributed by atoms with Crippen molar-refractivity contribution in [3.8, 4) is 11.5 Å². The smallest absolute Gasteiger partial charge is 0.264 e. The SMILES string of the molecule is Cc1cc2c3c(c1)N(c1cccc4c1oc1ccccc14)c1cc4c(cc1B3c1sc3ccc(C(C)(C)C)cc3c1N2c1ccc2c(c1)C(C)(C)CCC2(C)C)C(C)(C)c1ccccc1O4. The van der Waals surface area contributed by atoms with Crippen LogP contribution in [0.2, 0.25) is 0 Å². The van der Waals surface area contributed by atoms with Crippen molar-refractivity contribution in [3.63, 3.8) is 0 Å². The van der Waals surface area contributed by atoms with E-state index in [0.29, 0.717) is 0 Å². The molecular weight excluding hydrogens is 824 g/mol. The fraction of sp³-hybridized carbons (Fsp3) is 0.267. The van der Waals surface area contributed by atoms with Gasteiger partial charge in [0.25, 0.3) is 6.71 Å². The van der Waals surface area contributed by atoms with Crippen molar-refractivity contribution >= 4 is 99.9 Å². The summed E-state index contributed by atoms with van der Waals surface area (Å²) in [5.41, 5.74) is 19.2. The molecule has 66 heavy (non-hydrogen) atoms. The summed E-state index contributed by atoms with van der Waals surface area (Å²) in [6.07, 6.45) is 2.34. The van der Waals surface area contributed by atoms with Crippen molar-refractivity contribution in [3.05, 3.63) is 161 Å². The fourth-order valence-corrected chi connectivity index (χ4v) is 13.5. The number of hydrogen-bond acceptors (Lipinski definition) is 5. The molecule has 9 aromatic rings. The number of aryl methyl sites for hydroxylation is 1. The molecule has 4 nitrogen and oxygen atoms in total. The van der Waals surface area contributed by atoms with Crippen LogP contribution < -0.4 is 30.2 Å². The van der Waals surface area contributed by atoms with Gasteiger partial charge in [-0.15, -0.1) is 11.3 Å². The van der Waals surface area contributed by atoms with Crippen molar-refractivity contribution in [1.82, 2.24) is 0 Å². The van der Waals surface area contributed by atoms with Crippen molar-refractivity contribution in [1.29, 1.82) is 0 Å². The molecule has 0 fully saturated rings. The normalized spacial score (nSPS) is 17.2. The first-order valence-corrected chi connectivity index (χ1v) is 24.6. The number of fused-ring (bicyclic) bond motifs is 12. The molecule has 0 saturated carbocycles. The molecule has 326 valence electrons. The van der Waals surface area contributed by atoms with E-state index >= 15 is 0 Å². The van der Waals surface area contributed by atoms with Gasteiger partial charge < -0.3 is 19.0 Å². The molecule has 0 radical (unpaired) electrons. The van der Waals surface area contributed by atoms with Gasteiger partial charge in [0, 0.05) is 71.0 Å². The molecule has 2 aromatic heterocycles. The Labute approximate surface area is 392 Å². The van der Waals surface area contributed by atoms with E-state index in [1.807, 2.05) is 11.3 Å². The molecule has 0 saturated heterocycles. The molecule has 13 rings (SSSR count). The summed E-state index contributed by atoms with van der Waals surface area (Å²) in [4.78, 5) is 5.17. The van der Waals surface area contributed by atoms with Crippen LogP contribution in [0, 0.1) is 6.92 Å². The van der Waals surface area contributed by atoms with Crippen LogP contribution in [0.1, 0.15) is 109 Å². The average molecular weight is 879 g/mol. The first-order chi connectivity index (χ1) is 31.5. The van der Waals surface area contributed by atoms with Gasteiger partial charge >= 0.3 is 0 Å². The number of furan rings is 1. The van der Waals surface area contributed by atoms with Crippen molar-refractivity contribution in [2.24, 2.45) is 0 Å². The zero-order valence-corrected chi connectivity index (χ0v) is 40.6. The van der Waals surface area contributed by atoms with E-state index in [-0.39, 0.29) is 28.4 Å². The molecule has 0 atom stereocenters. The van der Waals surface area contributed by atoms with E-state index in [9.17, 15) is 0 Å². The number of rotatable bonds is 2. The van der Waals surface area contributed by atoms with Gasteiger partial charge in [-0.05, 0) is 124 Å². The Morgan fingerprint density at radius 1 is 0.591 bits per heavy atom. The standard InChI is InChI=1S/C60H55BN2O2S/c1-34-28-47-53-48(29-34)63(45-19-15-17-38-37-16-11-13-20-49(37)65-55(38)45)46-33-51-43(60(9,10)41-18-12-14-21-50(41)64-51)32-44(46)61(53)56-54(39-30-35(57(2,3)4)22-25-52(39)66-56)62(47)36-23-24-40-42(31-36)59(7,8)27-26-58(40,5)6/h11-25,28-33H,26-27H2,1-10H3. The first-order valence-electron chi connectivity index (χ1n) is 23.8. The maximum atomic E-state index is 6.98. The van der Waals surface area contributed by atoms with E-state index in [1.165, 1.54) is 88.3 Å². The zero-order chi connectivity index (χ0) is 45.4. The molecule has 0 amide bonds. The largest absolute Gasteiger partial charge is 0.457 e.